The zero-order chi connectivity index (χ0) is 12.6. The molecule has 0 spiro atoms. The van der Waals surface area contributed by atoms with E-state index in [1.165, 1.54) is 25.7 Å². The second-order valence-electron chi connectivity index (χ2n) is 6.62. The van der Waals surface area contributed by atoms with E-state index in [-0.39, 0.29) is 11.6 Å². The first kappa shape index (κ1) is 12.9. The van der Waals surface area contributed by atoms with Crippen LogP contribution in [0, 0.1) is 11.3 Å². The summed E-state index contributed by atoms with van der Waals surface area (Å²) < 4.78 is 0. The standard InChI is InChI=1S/C14H26N2O/c1-10(2)13-15-9-12(17)16(13)11-7-5-6-8-14(11,3)4/h10-11,13,15H,5-9H2,1-4H3. The fourth-order valence-corrected chi connectivity index (χ4v) is 3.45. The number of carbonyl (C=O) groups is 1. The lowest BCUT2D eigenvalue weighted by atomic mass is 9.72. The first-order valence-corrected chi connectivity index (χ1v) is 6.98. The molecular formula is C14H26N2O. The molecule has 2 atom stereocenters. The van der Waals surface area contributed by atoms with Gasteiger partial charge in [0.25, 0.3) is 0 Å². The topological polar surface area (TPSA) is 32.3 Å². The molecule has 1 N–H and O–H groups in total. The highest BCUT2D eigenvalue weighted by Gasteiger charge is 2.44. The van der Waals surface area contributed by atoms with E-state index in [9.17, 15) is 4.79 Å². The van der Waals surface area contributed by atoms with Crippen LogP contribution in [0.4, 0.5) is 0 Å². The Hall–Kier alpha value is -0.570. The van der Waals surface area contributed by atoms with Crippen molar-refractivity contribution in [2.45, 2.75) is 65.6 Å². The molecule has 0 aromatic rings. The summed E-state index contributed by atoms with van der Waals surface area (Å²) in [4.78, 5) is 14.3. The van der Waals surface area contributed by atoms with Gasteiger partial charge >= 0.3 is 0 Å². The summed E-state index contributed by atoms with van der Waals surface area (Å²) in [7, 11) is 0. The molecular weight excluding hydrogens is 212 g/mol. The fraction of sp³-hybridized carbons (Fsp3) is 0.929. The maximum Gasteiger partial charge on any atom is 0.238 e. The van der Waals surface area contributed by atoms with Gasteiger partial charge in [0.05, 0.1) is 12.7 Å². The molecule has 1 amide bonds. The predicted octanol–water partition coefficient (Wildman–Crippen LogP) is 2.37. The van der Waals surface area contributed by atoms with Gasteiger partial charge in [-0.3, -0.25) is 10.1 Å². The van der Waals surface area contributed by atoms with Crippen molar-refractivity contribution in [1.29, 1.82) is 0 Å². The Kier molecular flexibility index (Phi) is 3.48. The normalized spacial score (nSPS) is 33.5. The van der Waals surface area contributed by atoms with Crippen molar-refractivity contribution in [3.63, 3.8) is 0 Å². The van der Waals surface area contributed by atoms with Crippen LogP contribution in [0.25, 0.3) is 0 Å². The molecule has 2 rings (SSSR count). The number of nitrogens with one attached hydrogen (secondary N) is 1. The summed E-state index contributed by atoms with van der Waals surface area (Å²) in [6, 6.07) is 0.422. The number of amides is 1. The molecule has 1 saturated carbocycles. The molecule has 2 aliphatic rings. The van der Waals surface area contributed by atoms with Crippen LogP contribution in [-0.2, 0) is 4.79 Å². The molecule has 0 aromatic carbocycles. The molecule has 1 heterocycles. The first-order valence-electron chi connectivity index (χ1n) is 6.98. The first-order chi connectivity index (χ1) is 7.93. The van der Waals surface area contributed by atoms with Crippen LogP contribution in [0.2, 0.25) is 0 Å². The minimum absolute atomic E-state index is 0.241. The van der Waals surface area contributed by atoms with Crippen molar-refractivity contribution < 1.29 is 4.79 Å². The van der Waals surface area contributed by atoms with Crippen LogP contribution in [0.1, 0.15) is 53.4 Å². The minimum Gasteiger partial charge on any atom is -0.322 e. The van der Waals surface area contributed by atoms with E-state index in [2.05, 4.69) is 37.9 Å². The lowest BCUT2D eigenvalue weighted by Gasteiger charge is -2.46. The van der Waals surface area contributed by atoms with Gasteiger partial charge in [0, 0.05) is 6.04 Å². The molecule has 3 heteroatoms. The molecule has 2 fully saturated rings. The largest absolute Gasteiger partial charge is 0.322 e. The third-order valence-corrected chi connectivity index (χ3v) is 4.47. The zero-order valence-electron chi connectivity index (χ0n) is 11.6. The second-order valence-corrected chi connectivity index (χ2v) is 6.62. The lowest BCUT2D eigenvalue weighted by molar-refractivity contribution is -0.135. The highest BCUT2D eigenvalue weighted by atomic mass is 16.2. The molecule has 1 aliphatic carbocycles. The van der Waals surface area contributed by atoms with Gasteiger partial charge in [0.1, 0.15) is 0 Å². The minimum atomic E-state index is 0.241. The van der Waals surface area contributed by atoms with Gasteiger partial charge in [-0.05, 0) is 24.2 Å². The van der Waals surface area contributed by atoms with Gasteiger partial charge in [-0.1, -0.05) is 40.5 Å². The number of hydrogen-bond acceptors (Lipinski definition) is 2. The van der Waals surface area contributed by atoms with E-state index in [0.29, 0.717) is 24.4 Å². The predicted molar refractivity (Wildman–Crippen MR) is 69.5 cm³/mol. The third kappa shape index (κ3) is 2.35. The van der Waals surface area contributed by atoms with Crippen molar-refractivity contribution in [2.24, 2.45) is 11.3 Å². The number of rotatable bonds is 2. The van der Waals surface area contributed by atoms with Crippen LogP contribution >= 0.6 is 0 Å². The average molecular weight is 238 g/mol. The monoisotopic (exact) mass is 238 g/mol. The van der Waals surface area contributed by atoms with E-state index in [1.54, 1.807) is 0 Å². The van der Waals surface area contributed by atoms with E-state index in [0.717, 1.165) is 0 Å². The number of carbonyl (C=O) groups excluding carboxylic acids is 1. The van der Waals surface area contributed by atoms with Crippen molar-refractivity contribution in [1.82, 2.24) is 10.2 Å². The van der Waals surface area contributed by atoms with Crippen molar-refractivity contribution in [3.05, 3.63) is 0 Å². The molecule has 2 unspecified atom stereocenters. The van der Waals surface area contributed by atoms with Crippen molar-refractivity contribution in [3.8, 4) is 0 Å². The summed E-state index contributed by atoms with van der Waals surface area (Å²) in [6.45, 7) is 9.55. The van der Waals surface area contributed by atoms with E-state index in [4.69, 9.17) is 0 Å². The molecule has 1 saturated heterocycles. The van der Waals surface area contributed by atoms with Crippen LogP contribution in [-0.4, -0.2) is 29.6 Å². The van der Waals surface area contributed by atoms with Gasteiger partial charge < -0.3 is 4.90 Å². The Morgan fingerprint density at radius 2 is 2.06 bits per heavy atom. The molecule has 0 radical (unpaired) electrons. The third-order valence-electron chi connectivity index (χ3n) is 4.47. The Morgan fingerprint density at radius 1 is 1.35 bits per heavy atom. The molecule has 3 nitrogen and oxygen atoms in total. The van der Waals surface area contributed by atoms with Gasteiger partial charge in [0.2, 0.25) is 5.91 Å². The smallest absolute Gasteiger partial charge is 0.238 e. The maximum absolute atomic E-state index is 12.1. The molecule has 17 heavy (non-hydrogen) atoms. The maximum atomic E-state index is 12.1. The van der Waals surface area contributed by atoms with Crippen LogP contribution < -0.4 is 5.32 Å². The molecule has 0 aromatic heterocycles. The summed E-state index contributed by atoms with van der Waals surface area (Å²) in [5.74, 6) is 0.780. The SMILES string of the molecule is CC(C)C1NCC(=O)N1C1CCCCC1(C)C. The Balaban J connectivity index is 2.21. The lowest BCUT2D eigenvalue weighted by Crippen LogP contribution is -2.54. The van der Waals surface area contributed by atoms with Crippen LogP contribution in [0.15, 0.2) is 0 Å². The summed E-state index contributed by atoms with van der Waals surface area (Å²) in [6.07, 6.45) is 5.23. The van der Waals surface area contributed by atoms with Crippen LogP contribution in [0.5, 0.6) is 0 Å². The molecule has 1 aliphatic heterocycles. The quantitative estimate of drug-likeness (QED) is 0.801. The summed E-state index contributed by atoms with van der Waals surface area (Å²) in [5.41, 5.74) is 0.271. The van der Waals surface area contributed by atoms with Crippen LogP contribution in [0.3, 0.4) is 0 Å². The van der Waals surface area contributed by atoms with Gasteiger partial charge in [-0.25, -0.2) is 0 Å². The second kappa shape index (κ2) is 4.60. The van der Waals surface area contributed by atoms with E-state index in [1.807, 2.05) is 0 Å². The summed E-state index contributed by atoms with van der Waals surface area (Å²) >= 11 is 0. The number of hydrogen-bond donors (Lipinski definition) is 1. The average Bonchev–Trinajstić information content (AvgIpc) is 2.60. The zero-order valence-corrected chi connectivity index (χ0v) is 11.6. The van der Waals surface area contributed by atoms with Crippen molar-refractivity contribution in [2.75, 3.05) is 6.54 Å². The van der Waals surface area contributed by atoms with Gasteiger partial charge in [-0.15, -0.1) is 0 Å². The Bertz CT molecular complexity index is 299. The molecule has 0 bridgehead atoms. The summed E-state index contributed by atoms with van der Waals surface area (Å²) in [5, 5.41) is 3.37. The van der Waals surface area contributed by atoms with E-state index < -0.39 is 0 Å². The molecule has 98 valence electrons. The highest BCUT2D eigenvalue weighted by molar-refractivity contribution is 5.81. The van der Waals surface area contributed by atoms with Crippen molar-refractivity contribution >= 4 is 5.91 Å². The van der Waals surface area contributed by atoms with Gasteiger partial charge in [-0.2, -0.15) is 0 Å². The Labute approximate surface area is 105 Å². The van der Waals surface area contributed by atoms with E-state index >= 15 is 0 Å². The number of nitrogens with zero attached hydrogens (tertiary/aromatic N) is 1. The fourth-order valence-electron chi connectivity index (χ4n) is 3.45. The van der Waals surface area contributed by atoms with Gasteiger partial charge in [0.15, 0.2) is 0 Å². The Morgan fingerprint density at radius 3 is 2.65 bits per heavy atom. The highest BCUT2D eigenvalue weighted by Crippen LogP contribution is 2.40.